The van der Waals surface area contributed by atoms with Gasteiger partial charge in [0, 0.05) is 30.1 Å². The number of thiophene rings is 1. The first kappa shape index (κ1) is 17.3. The molecule has 1 N–H and O–H groups in total. The number of carbonyl (C=O) groups is 1. The Hall–Kier alpha value is -0.100. The van der Waals surface area contributed by atoms with Crippen LogP contribution >= 0.6 is 39.7 Å². The highest BCUT2D eigenvalue weighted by molar-refractivity contribution is 9.11. The van der Waals surface area contributed by atoms with E-state index in [1.165, 1.54) is 12.8 Å². The molecule has 1 aromatic heterocycles. The average Bonchev–Trinajstić information content (AvgIpc) is 3.02. The van der Waals surface area contributed by atoms with Crippen LogP contribution in [0.15, 0.2) is 15.9 Å². The van der Waals surface area contributed by atoms with Crippen molar-refractivity contribution in [1.82, 2.24) is 10.2 Å². The highest BCUT2D eigenvalue weighted by Crippen LogP contribution is 2.33. The Bertz CT molecular complexity index is 498. The van der Waals surface area contributed by atoms with Crippen molar-refractivity contribution < 1.29 is 4.79 Å². The number of piperidine rings is 1. The Labute approximate surface area is 145 Å². The molecule has 0 radical (unpaired) electrons. The number of carbonyl (C=O) groups excluding carboxylic acids is 1. The molecule has 2 aliphatic heterocycles. The van der Waals surface area contributed by atoms with Crippen LogP contribution in [0.5, 0.6) is 0 Å². The van der Waals surface area contributed by atoms with Gasteiger partial charge in [0.15, 0.2) is 0 Å². The van der Waals surface area contributed by atoms with E-state index >= 15 is 0 Å². The summed E-state index contributed by atoms with van der Waals surface area (Å²) in [4.78, 5) is 15.8. The van der Waals surface area contributed by atoms with Crippen LogP contribution in [0.2, 0.25) is 0 Å². The minimum Gasteiger partial charge on any atom is -0.342 e. The zero-order chi connectivity index (χ0) is 14.3. The van der Waals surface area contributed by atoms with Gasteiger partial charge in [-0.1, -0.05) is 0 Å². The molecule has 1 aromatic rings. The second-order valence-corrected chi connectivity index (χ2v) is 8.57. The van der Waals surface area contributed by atoms with Gasteiger partial charge in [0.2, 0.25) is 5.91 Å². The predicted molar refractivity (Wildman–Crippen MR) is 93.4 cm³/mol. The molecule has 0 aliphatic carbocycles. The lowest BCUT2D eigenvalue weighted by Crippen LogP contribution is -2.49. The van der Waals surface area contributed by atoms with Crippen LogP contribution < -0.4 is 5.32 Å². The summed E-state index contributed by atoms with van der Waals surface area (Å²) in [6.07, 6.45) is 4.77. The summed E-state index contributed by atoms with van der Waals surface area (Å²) >= 11 is 5.13. The molecule has 2 bridgehead atoms. The fourth-order valence-electron chi connectivity index (χ4n) is 3.51. The second-order valence-electron chi connectivity index (χ2n) is 6.08. The van der Waals surface area contributed by atoms with Gasteiger partial charge in [-0.15, -0.1) is 23.7 Å². The molecule has 3 heterocycles. The van der Waals surface area contributed by atoms with Crippen molar-refractivity contribution in [2.24, 2.45) is 0 Å². The standard InChI is InChI=1S/C15H21BrN2OS.ClH/c1-9(13-5-6-14(16)20-13)15(19)18(2)12-7-10-3-4-11(8-12)17-10;/h5-6,9-12,17H,3-4,7-8H2,1-2H3;1H. The number of amides is 1. The molecule has 118 valence electrons. The molecule has 2 aliphatic rings. The summed E-state index contributed by atoms with van der Waals surface area (Å²) in [6.45, 7) is 2.02. The Morgan fingerprint density at radius 3 is 2.52 bits per heavy atom. The van der Waals surface area contributed by atoms with Gasteiger partial charge in [-0.2, -0.15) is 0 Å². The highest BCUT2D eigenvalue weighted by atomic mass is 79.9. The van der Waals surface area contributed by atoms with Crippen molar-refractivity contribution in [2.75, 3.05) is 7.05 Å². The summed E-state index contributed by atoms with van der Waals surface area (Å²) in [6, 6.07) is 5.73. The van der Waals surface area contributed by atoms with Crippen molar-refractivity contribution in [2.45, 2.75) is 56.7 Å². The molecule has 3 atom stereocenters. The van der Waals surface area contributed by atoms with E-state index < -0.39 is 0 Å². The van der Waals surface area contributed by atoms with E-state index in [0.717, 1.165) is 21.5 Å². The molecule has 0 aromatic carbocycles. The Balaban J connectivity index is 0.00000161. The number of halogens is 2. The zero-order valence-electron chi connectivity index (χ0n) is 12.3. The maximum atomic E-state index is 12.7. The number of nitrogens with zero attached hydrogens (tertiary/aromatic N) is 1. The molecule has 0 spiro atoms. The lowest BCUT2D eigenvalue weighted by Gasteiger charge is -2.36. The van der Waals surface area contributed by atoms with Crippen LogP contribution in [0.3, 0.4) is 0 Å². The SMILES string of the molecule is CC(C(=O)N(C)C1CC2CCC(C1)N2)c1ccc(Br)s1.Cl. The van der Waals surface area contributed by atoms with Crippen LogP contribution in [0.25, 0.3) is 0 Å². The molecular weight excluding hydrogens is 372 g/mol. The van der Waals surface area contributed by atoms with Gasteiger partial charge in [-0.3, -0.25) is 4.79 Å². The van der Waals surface area contributed by atoms with Gasteiger partial charge >= 0.3 is 0 Å². The van der Waals surface area contributed by atoms with E-state index in [1.54, 1.807) is 11.3 Å². The summed E-state index contributed by atoms with van der Waals surface area (Å²) in [5.74, 6) is 0.217. The van der Waals surface area contributed by atoms with Crippen molar-refractivity contribution in [3.8, 4) is 0 Å². The summed E-state index contributed by atoms with van der Waals surface area (Å²) in [7, 11) is 1.98. The molecule has 2 fully saturated rings. The smallest absolute Gasteiger partial charge is 0.230 e. The van der Waals surface area contributed by atoms with E-state index in [-0.39, 0.29) is 24.2 Å². The van der Waals surface area contributed by atoms with Crippen molar-refractivity contribution in [3.05, 3.63) is 20.8 Å². The molecule has 21 heavy (non-hydrogen) atoms. The quantitative estimate of drug-likeness (QED) is 0.847. The molecule has 2 saturated heterocycles. The molecule has 0 saturated carbocycles. The Kier molecular flexibility index (Phi) is 5.74. The lowest BCUT2D eigenvalue weighted by molar-refractivity contribution is -0.133. The normalized spacial score (nSPS) is 28.8. The zero-order valence-corrected chi connectivity index (χ0v) is 15.6. The monoisotopic (exact) mass is 392 g/mol. The fourth-order valence-corrected chi connectivity index (χ4v) is 4.98. The fraction of sp³-hybridized carbons (Fsp3) is 0.667. The molecule has 3 rings (SSSR count). The Morgan fingerprint density at radius 2 is 2.00 bits per heavy atom. The van der Waals surface area contributed by atoms with E-state index in [9.17, 15) is 4.79 Å². The third-order valence-corrected chi connectivity index (χ3v) is 6.54. The maximum Gasteiger partial charge on any atom is 0.230 e. The van der Waals surface area contributed by atoms with Crippen LogP contribution in [-0.2, 0) is 4.79 Å². The van der Waals surface area contributed by atoms with Crippen molar-refractivity contribution >= 4 is 45.6 Å². The third-order valence-electron chi connectivity index (χ3n) is 4.73. The summed E-state index contributed by atoms with van der Waals surface area (Å²) in [5.41, 5.74) is 0. The van der Waals surface area contributed by atoms with Crippen LogP contribution in [0.4, 0.5) is 0 Å². The van der Waals surface area contributed by atoms with Gasteiger partial charge in [-0.25, -0.2) is 0 Å². The van der Waals surface area contributed by atoms with Gasteiger partial charge < -0.3 is 10.2 Å². The summed E-state index contributed by atoms with van der Waals surface area (Å²) < 4.78 is 1.09. The lowest BCUT2D eigenvalue weighted by atomic mass is 9.97. The van der Waals surface area contributed by atoms with E-state index in [1.807, 2.05) is 24.9 Å². The largest absolute Gasteiger partial charge is 0.342 e. The van der Waals surface area contributed by atoms with E-state index in [0.29, 0.717) is 18.1 Å². The minimum absolute atomic E-state index is 0. The second kappa shape index (κ2) is 6.99. The topological polar surface area (TPSA) is 32.3 Å². The number of nitrogens with one attached hydrogen (secondary N) is 1. The Morgan fingerprint density at radius 1 is 1.38 bits per heavy atom. The van der Waals surface area contributed by atoms with Crippen molar-refractivity contribution in [1.29, 1.82) is 0 Å². The first-order chi connectivity index (χ1) is 9.54. The van der Waals surface area contributed by atoms with Gasteiger partial charge in [0.25, 0.3) is 0 Å². The minimum atomic E-state index is -0.0381. The number of hydrogen-bond donors (Lipinski definition) is 1. The number of likely N-dealkylation sites (N-methyl/N-ethyl adjacent to an activating group) is 1. The van der Waals surface area contributed by atoms with Crippen LogP contribution in [0, 0.1) is 0 Å². The first-order valence-corrected chi connectivity index (χ1v) is 8.93. The number of fused-ring (bicyclic) bond motifs is 2. The van der Waals surface area contributed by atoms with Gasteiger partial charge in [0.05, 0.1) is 9.70 Å². The van der Waals surface area contributed by atoms with Crippen LogP contribution in [-0.4, -0.2) is 36.0 Å². The number of hydrogen-bond acceptors (Lipinski definition) is 3. The van der Waals surface area contributed by atoms with Gasteiger partial charge in [-0.05, 0) is 60.7 Å². The van der Waals surface area contributed by atoms with Crippen LogP contribution in [0.1, 0.15) is 43.4 Å². The summed E-state index contributed by atoms with van der Waals surface area (Å²) in [5, 5.41) is 3.64. The molecule has 6 heteroatoms. The molecular formula is C15H22BrClN2OS. The molecule has 3 unspecified atom stereocenters. The third kappa shape index (κ3) is 3.63. The van der Waals surface area contributed by atoms with Crippen molar-refractivity contribution in [3.63, 3.8) is 0 Å². The molecule has 3 nitrogen and oxygen atoms in total. The van der Waals surface area contributed by atoms with E-state index in [2.05, 4.69) is 27.3 Å². The van der Waals surface area contributed by atoms with Gasteiger partial charge in [0.1, 0.15) is 0 Å². The number of rotatable bonds is 3. The average molecular weight is 394 g/mol. The first-order valence-electron chi connectivity index (χ1n) is 7.32. The predicted octanol–water partition coefficient (Wildman–Crippen LogP) is 3.78. The highest BCUT2D eigenvalue weighted by Gasteiger charge is 2.37. The maximum absolute atomic E-state index is 12.7. The molecule has 1 amide bonds. The van der Waals surface area contributed by atoms with E-state index in [4.69, 9.17) is 0 Å².